The van der Waals surface area contributed by atoms with E-state index in [9.17, 15) is 0 Å². The third-order valence-corrected chi connectivity index (χ3v) is 2.61. The Balaban J connectivity index is 2.07. The SMILES string of the molecule is CC(C)n1nnc(C2CCNCC2)n1. The smallest absolute Gasteiger partial charge is 0.177 e. The van der Waals surface area contributed by atoms with Crippen molar-refractivity contribution in [3.63, 3.8) is 0 Å². The zero-order chi connectivity index (χ0) is 9.97. The number of hydrogen-bond acceptors (Lipinski definition) is 4. The molecule has 1 aromatic rings. The summed E-state index contributed by atoms with van der Waals surface area (Å²) >= 11 is 0. The van der Waals surface area contributed by atoms with E-state index in [0.717, 1.165) is 31.8 Å². The van der Waals surface area contributed by atoms with Gasteiger partial charge >= 0.3 is 0 Å². The maximum absolute atomic E-state index is 4.40. The van der Waals surface area contributed by atoms with Crippen molar-refractivity contribution in [1.29, 1.82) is 0 Å². The summed E-state index contributed by atoms with van der Waals surface area (Å²) in [5.74, 6) is 1.42. The van der Waals surface area contributed by atoms with E-state index in [1.165, 1.54) is 0 Å². The number of hydrogen-bond donors (Lipinski definition) is 1. The Morgan fingerprint density at radius 3 is 2.64 bits per heavy atom. The summed E-state index contributed by atoms with van der Waals surface area (Å²) in [6, 6.07) is 0.304. The molecule has 1 saturated heterocycles. The van der Waals surface area contributed by atoms with Crippen LogP contribution in [0.15, 0.2) is 0 Å². The average Bonchev–Trinajstić information content (AvgIpc) is 2.68. The van der Waals surface area contributed by atoms with E-state index >= 15 is 0 Å². The zero-order valence-corrected chi connectivity index (χ0v) is 8.77. The van der Waals surface area contributed by atoms with Crippen molar-refractivity contribution in [3.8, 4) is 0 Å². The van der Waals surface area contributed by atoms with Crippen LogP contribution in [0.25, 0.3) is 0 Å². The van der Waals surface area contributed by atoms with Crippen molar-refractivity contribution >= 4 is 0 Å². The molecular weight excluding hydrogens is 178 g/mol. The molecule has 0 spiro atoms. The predicted octanol–water partition coefficient (Wildman–Crippen LogP) is 0.721. The number of tetrazole rings is 1. The van der Waals surface area contributed by atoms with Gasteiger partial charge in [-0.25, -0.2) is 0 Å². The van der Waals surface area contributed by atoms with Crippen LogP contribution >= 0.6 is 0 Å². The first-order valence-electron chi connectivity index (χ1n) is 5.27. The second kappa shape index (κ2) is 4.04. The average molecular weight is 195 g/mol. The molecule has 2 rings (SSSR count). The maximum atomic E-state index is 4.40. The van der Waals surface area contributed by atoms with Crippen LogP contribution in [0, 0.1) is 0 Å². The molecule has 78 valence electrons. The van der Waals surface area contributed by atoms with Gasteiger partial charge in [0.1, 0.15) is 0 Å². The van der Waals surface area contributed by atoms with E-state index in [4.69, 9.17) is 0 Å². The molecule has 2 heterocycles. The third-order valence-electron chi connectivity index (χ3n) is 2.61. The lowest BCUT2D eigenvalue weighted by molar-refractivity contribution is 0.430. The maximum Gasteiger partial charge on any atom is 0.177 e. The van der Waals surface area contributed by atoms with Crippen LogP contribution in [0.4, 0.5) is 0 Å². The van der Waals surface area contributed by atoms with Crippen molar-refractivity contribution in [1.82, 2.24) is 25.5 Å². The first kappa shape index (κ1) is 9.58. The summed E-state index contributed by atoms with van der Waals surface area (Å²) in [7, 11) is 0. The molecule has 0 unspecified atom stereocenters. The monoisotopic (exact) mass is 195 g/mol. The molecule has 0 saturated carbocycles. The van der Waals surface area contributed by atoms with Gasteiger partial charge < -0.3 is 5.32 Å². The summed E-state index contributed by atoms with van der Waals surface area (Å²) in [5.41, 5.74) is 0. The predicted molar refractivity (Wildman–Crippen MR) is 53.0 cm³/mol. The first-order chi connectivity index (χ1) is 6.77. The van der Waals surface area contributed by atoms with Crippen molar-refractivity contribution in [2.45, 2.75) is 38.6 Å². The van der Waals surface area contributed by atoms with Crippen LogP contribution in [0.2, 0.25) is 0 Å². The van der Waals surface area contributed by atoms with Gasteiger partial charge in [-0.1, -0.05) is 0 Å². The van der Waals surface area contributed by atoms with Gasteiger partial charge in [0.25, 0.3) is 0 Å². The Morgan fingerprint density at radius 2 is 2.07 bits per heavy atom. The van der Waals surface area contributed by atoms with Crippen molar-refractivity contribution in [3.05, 3.63) is 5.82 Å². The number of rotatable bonds is 2. The van der Waals surface area contributed by atoms with Gasteiger partial charge in [-0.2, -0.15) is 4.80 Å². The molecule has 0 radical (unpaired) electrons. The molecular formula is C9H17N5. The fourth-order valence-corrected chi connectivity index (χ4v) is 1.70. The standard InChI is InChI=1S/C9H17N5/c1-7(2)14-12-9(11-13-14)8-3-5-10-6-4-8/h7-8,10H,3-6H2,1-2H3. The van der Waals surface area contributed by atoms with Crippen molar-refractivity contribution in [2.24, 2.45) is 0 Å². The molecule has 0 amide bonds. The number of piperidine rings is 1. The van der Waals surface area contributed by atoms with E-state index < -0.39 is 0 Å². The van der Waals surface area contributed by atoms with Crippen molar-refractivity contribution in [2.75, 3.05) is 13.1 Å². The van der Waals surface area contributed by atoms with Gasteiger partial charge in [-0.15, -0.1) is 10.2 Å². The molecule has 1 fully saturated rings. The number of aromatic nitrogens is 4. The summed E-state index contributed by atoms with van der Waals surface area (Å²) in [4.78, 5) is 1.69. The summed E-state index contributed by atoms with van der Waals surface area (Å²) in [5, 5.41) is 15.9. The Kier molecular flexibility index (Phi) is 2.77. The Bertz CT molecular complexity index is 287. The van der Waals surface area contributed by atoms with Crippen LogP contribution < -0.4 is 5.32 Å². The van der Waals surface area contributed by atoms with E-state index in [1.54, 1.807) is 4.80 Å². The molecule has 0 aliphatic carbocycles. The summed E-state index contributed by atoms with van der Waals surface area (Å²) < 4.78 is 0. The lowest BCUT2D eigenvalue weighted by Gasteiger charge is -2.19. The highest BCUT2D eigenvalue weighted by Crippen LogP contribution is 2.21. The van der Waals surface area contributed by atoms with Crippen LogP contribution in [-0.2, 0) is 0 Å². The quantitative estimate of drug-likeness (QED) is 0.755. The molecule has 1 aliphatic heterocycles. The zero-order valence-electron chi connectivity index (χ0n) is 8.77. The number of nitrogens with zero attached hydrogens (tertiary/aromatic N) is 4. The van der Waals surface area contributed by atoms with Crippen LogP contribution in [0.3, 0.4) is 0 Å². The molecule has 14 heavy (non-hydrogen) atoms. The first-order valence-corrected chi connectivity index (χ1v) is 5.27. The van der Waals surface area contributed by atoms with Crippen LogP contribution in [0.1, 0.15) is 44.5 Å². The second-order valence-electron chi connectivity index (χ2n) is 4.09. The normalized spacial score (nSPS) is 19.1. The molecule has 1 N–H and O–H groups in total. The molecule has 0 atom stereocenters. The van der Waals surface area contributed by atoms with Crippen LogP contribution in [0.5, 0.6) is 0 Å². The van der Waals surface area contributed by atoms with Crippen molar-refractivity contribution < 1.29 is 0 Å². The topological polar surface area (TPSA) is 55.6 Å². The van der Waals surface area contributed by atoms with E-state index in [0.29, 0.717) is 12.0 Å². The Morgan fingerprint density at radius 1 is 1.36 bits per heavy atom. The minimum Gasteiger partial charge on any atom is -0.317 e. The summed E-state index contributed by atoms with van der Waals surface area (Å²) in [6.45, 7) is 6.27. The highest BCUT2D eigenvalue weighted by molar-refractivity contribution is 4.93. The Labute approximate surface area is 83.9 Å². The fourth-order valence-electron chi connectivity index (χ4n) is 1.70. The minimum absolute atomic E-state index is 0.304. The van der Waals surface area contributed by atoms with E-state index in [1.807, 2.05) is 0 Å². The Hall–Kier alpha value is -0.970. The molecule has 0 aromatic carbocycles. The molecule has 5 heteroatoms. The summed E-state index contributed by atoms with van der Waals surface area (Å²) in [6.07, 6.45) is 2.26. The lowest BCUT2D eigenvalue weighted by Crippen LogP contribution is -2.27. The third kappa shape index (κ3) is 1.92. The van der Waals surface area contributed by atoms with Gasteiger partial charge in [0, 0.05) is 5.92 Å². The second-order valence-corrected chi connectivity index (χ2v) is 4.09. The van der Waals surface area contributed by atoms with E-state index in [-0.39, 0.29) is 0 Å². The molecule has 1 aromatic heterocycles. The van der Waals surface area contributed by atoms with E-state index in [2.05, 4.69) is 34.6 Å². The molecule has 1 aliphatic rings. The lowest BCUT2D eigenvalue weighted by atomic mass is 9.98. The number of nitrogens with one attached hydrogen (secondary N) is 1. The largest absolute Gasteiger partial charge is 0.317 e. The molecule has 0 bridgehead atoms. The minimum atomic E-state index is 0.304. The highest BCUT2D eigenvalue weighted by atomic mass is 15.6. The fraction of sp³-hybridized carbons (Fsp3) is 0.889. The van der Waals surface area contributed by atoms with Gasteiger partial charge in [0.2, 0.25) is 0 Å². The highest BCUT2D eigenvalue weighted by Gasteiger charge is 2.20. The molecule has 5 nitrogen and oxygen atoms in total. The van der Waals surface area contributed by atoms with Gasteiger partial charge in [-0.05, 0) is 45.0 Å². The van der Waals surface area contributed by atoms with Gasteiger partial charge in [-0.3, -0.25) is 0 Å². The van der Waals surface area contributed by atoms with Gasteiger partial charge in [0.05, 0.1) is 6.04 Å². The van der Waals surface area contributed by atoms with Gasteiger partial charge in [0.15, 0.2) is 5.82 Å². The van der Waals surface area contributed by atoms with Crippen LogP contribution in [-0.4, -0.2) is 33.3 Å².